The van der Waals surface area contributed by atoms with E-state index in [4.69, 9.17) is 11.6 Å². The van der Waals surface area contributed by atoms with Crippen LogP contribution in [0.4, 0.5) is 0 Å². The van der Waals surface area contributed by atoms with Gasteiger partial charge in [0.1, 0.15) is 5.78 Å². The summed E-state index contributed by atoms with van der Waals surface area (Å²) in [6.45, 7) is 4.76. The summed E-state index contributed by atoms with van der Waals surface area (Å²) >= 11 is 5.22. The Balaban J connectivity index is 4.13. The molecule has 0 saturated heterocycles. The number of Topliss-reactive ketones (excluding diaryl/α,β-unsaturated/α-hetero) is 1. The van der Waals surface area contributed by atoms with E-state index in [1.54, 1.807) is 13.8 Å². The van der Waals surface area contributed by atoms with Gasteiger partial charge in [0, 0.05) is 11.8 Å². The van der Waals surface area contributed by atoms with E-state index in [1.807, 2.05) is 0 Å². The molecule has 2 nitrogen and oxygen atoms in total. The molecule has 0 N–H and O–H groups in total. The Bertz CT molecular complexity index is 161. The highest BCUT2D eigenvalue weighted by molar-refractivity contribution is 6.64. The minimum atomic E-state index is -0.701. The molecule has 0 aliphatic rings. The lowest BCUT2D eigenvalue weighted by atomic mass is 9.89. The van der Waals surface area contributed by atoms with Crippen LogP contribution in [0.2, 0.25) is 0 Å². The summed E-state index contributed by atoms with van der Waals surface area (Å²) in [6, 6.07) is 0. The minimum Gasteiger partial charge on any atom is -0.300 e. The molecule has 10 heavy (non-hydrogen) atoms. The summed E-state index contributed by atoms with van der Waals surface area (Å²) in [5, 5.41) is -0.456. The summed E-state index contributed by atoms with van der Waals surface area (Å²) in [5.74, 6) is -0.0148. The maximum absolute atomic E-state index is 10.6. The lowest BCUT2D eigenvalue weighted by Gasteiger charge is -2.16. The maximum atomic E-state index is 10.6. The highest BCUT2D eigenvalue weighted by Gasteiger charge is 2.26. The van der Waals surface area contributed by atoms with Gasteiger partial charge < -0.3 is 0 Å². The normalized spacial score (nSPS) is 11.2. The molecule has 3 heteroatoms. The third-order valence-corrected chi connectivity index (χ3v) is 1.73. The molecule has 0 unspecified atom stereocenters. The van der Waals surface area contributed by atoms with Gasteiger partial charge in [-0.3, -0.25) is 9.59 Å². The van der Waals surface area contributed by atoms with Crippen LogP contribution in [0.1, 0.15) is 27.2 Å². The standard InChI is InChI=1S/C7H11ClO2/c1-5(9)4-7(2,3)6(8)10/h4H2,1-3H3. The lowest BCUT2D eigenvalue weighted by Crippen LogP contribution is -2.22. The van der Waals surface area contributed by atoms with Gasteiger partial charge in [-0.2, -0.15) is 0 Å². The Kier molecular flexibility index (Phi) is 3.03. The van der Waals surface area contributed by atoms with Crippen molar-refractivity contribution in [1.29, 1.82) is 0 Å². The first-order valence-corrected chi connectivity index (χ1v) is 3.43. The largest absolute Gasteiger partial charge is 0.300 e. The zero-order valence-electron chi connectivity index (χ0n) is 6.40. The average molecular weight is 163 g/mol. The van der Waals surface area contributed by atoms with Crippen molar-refractivity contribution in [1.82, 2.24) is 0 Å². The highest BCUT2D eigenvalue weighted by Crippen LogP contribution is 2.23. The molecule has 0 radical (unpaired) electrons. The van der Waals surface area contributed by atoms with Crippen molar-refractivity contribution in [2.24, 2.45) is 5.41 Å². The van der Waals surface area contributed by atoms with Crippen molar-refractivity contribution >= 4 is 22.6 Å². The molecule has 58 valence electrons. The Morgan fingerprint density at radius 3 is 1.90 bits per heavy atom. The zero-order chi connectivity index (χ0) is 8.36. The van der Waals surface area contributed by atoms with E-state index in [1.165, 1.54) is 6.92 Å². The second-order valence-corrected chi connectivity index (χ2v) is 3.38. The SMILES string of the molecule is CC(=O)CC(C)(C)C(=O)Cl. The molecule has 0 rings (SSSR count). The second kappa shape index (κ2) is 3.15. The van der Waals surface area contributed by atoms with Gasteiger partial charge in [0.2, 0.25) is 5.24 Å². The Morgan fingerprint density at radius 1 is 1.40 bits per heavy atom. The van der Waals surface area contributed by atoms with Crippen molar-refractivity contribution in [3.05, 3.63) is 0 Å². The molecule has 0 fully saturated rings. The predicted octanol–water partition coefficient (Wildman–Crippen LogP) is 1.76. The molecular weight excluding hydrogens is 152 g/mol. The van der Waals surface area contributed by atoms with Gasteiger partial charge in [0.25, 0.3) is 0 Å². The molecule has 0 heterocycles. The third kappa shape index (κ3) is 2.97. The van der Waals surface area contributed by atoms with Gasteiger partial charge >= 0.3 is 0 Å². The fourth-order valence-electron chi connectivity index (χ4n) is 0.692. The highest BCUT2D eigenvalue weighted by atomic mass is 35.5. The van der Waals surface area contributed by atoms with Crippen molar-refractivity contribution in [3.63, 3.8) is 0 Å². The Hall–Kier alpha value is -0.370. The van der Waals surface area contributed by atoms with Crippen LogP contribution in [0.25, 0.3) is 0 Å². The summed E-state index contributed by atoms with van der Waals surface area (Å²) in [4.78, 5) is 21.2. The van der Waals surface area contributed by atoms with Crippen LogP contribution in [0.15, 0.2) is 0 Å². The molecule has 0 atom stereocenters. The number of hydrogen-bond acceptors (Lipinski definition) is 2. The van der Waals surface area contributed by atoms with Gasteiger partial charge in [-0.15, -0.1) is 0 Å². The lowest BCUT2D eigenvalue weighted by molar-refractivity contribution is -0.126. The number of halogens is 1. The van der Waals surface area contributed by atoms with Gasteiger partial charge in [-0.1, -0.05) is 13.8 Å². The summed E-state index contributed by atoms with van der Waals surface area (Å²) in [7, 11) is 0. The monoisotopic (exact) mass is 162 g/mol. The first-order valence-electron chi connectivity index (χ1n) is 3.05. The van der Waals surface area contributed by atoms with Crippen LogP contribution in [-0.2, 0) is 9.59 Å². The molecule has 0 aromatic carbocycles. The number of carbonyl (C=O) groups excluding carboxylic acids is 2. The fraction of sp³-hybridized carbons (Fsp3) is 0.714. The van der Waals surface area contributed by atoms with Crippen LogP contribution in [0.3, 0.4) is 0 Å². The number of hydrogen-bond donors (Lipinski definition) is 0. The van der Waals surface area contributed by atoms with E-state index in [9.17, 15) is 9.59 Å². The fourth-order valence-corrected chi connectivity index (χ4v) is 0.759. The van der Waals surface area contributed by atoms with Gasteiger partial charge in [-0.25, -0.2) is 0 Å². The van der Waals surface area contributed by atoms with Gasteiger partial charge in [0.15, 0.2) is 0 Å². The van der Waals surface area contributed by atoms with Crippen molar-refractivity contribution in [3.8, 4) is 0 Å². The molecule has 0 amide bonds. The van der Waals surface area contributed by atoms with Gasteiger partial charge in [-0.05, 0) is 18.5 Å². The van der Waals surface area contributed by atoms with Crippen molar-refractivity contribution < 1.29 is 9.59 Å². The first kappa shape index (κ1) is 9.63. The van der Waals surface area contributed by atoms with Crippen LogP contribution in [-0.4, -0.2) is 11.0 Å². The van der Waals surface area contributed by atoms with Crippen molar-refractivity contribution in [2.45, 2.75) is 27.2 Å². The minimum absolute atomic E-state index is 0.0148. The predicted molar refractivity (Wildman–Crippen MR) is 39.9 cm³/mol. The van der Waals surface area contributed by atoms with E-state index in [0.717, 1.165) is 0 Å². The Morgan fingerprint density at radius 2 is 1.80 bits per heavy atom. The van der Waals surface area contributed by atoms with E-state index < -0.39 is 10.7 Å². The molecule has 0 aromatic rings. The second-order valence-electron chi connectivity index (χ2n) is 3.04. The molecule has 0 saturated carbocycles. The smallest absolute Gasteiger partial charge is 0.227 e. The van der Waals surface area contributed by atoms with Crippen LogP contribution < -0.4 is 0 Å². The van der Waals surface area contributed by atoms with E-state index in [0.29, 0.717) is 0 Å². The Labute approximate surface area is 65.6 Å². The number of rotatable bonds is 3. The molecule has 0 bridgehead atoms. The van der Waals surface area contributed by atoms with E-state index in [2.05, 4.69) is 0 Å². The maximum Gasteiger partial charge on any atom is 0.227 e. The summed E-state index contributed by atoms with van der Waals surface area (Å²) in [5.41, 5.74) is -0.701. The van der Waals surface area contributed by atoms with Gasteiger partial charge in [0.05, 0.1) is 0 Å². The average Bonchev–Trinajstić information content (AvgIpc) is 1.60. The molecule has 0 aliphatic carbocycles. The molecule has 0 aliphatic heterocycles. The number of carbonyl (C=O) groups is 2. The third-order valence-electron chi connectivity index (χ3n) is 1.22. The first-order chi connectivity index (χ1) is 4.36. The van der Waals surface area contributed by atoms with Crippen LogP contribution in [0.5, 0.6) is 0 Å². The zero-order valence-corrected chi connectivity index (χ0v) is 7.16. The van der Waals surface area contributed by atoms with Crippen LogP contribution >= 0.6 is 11.6 Å². The van der Waals surface area contributed by atoms with Crippen LogP contribution in [0, 0.1) is 5.41 Å². The summed E-state index contributed by atoms with van der Waals surface area (Å²) in [6.07, 6.45) is 0.218. The molecule has 0 spiro atoms. The van der Waals surface area contributed by atoms with Crippen molar-refractivity contribution in [2.75, 3.05) is 0 Å². The summed E-state index contributed by atoms with van der Waals surface area (Å²) < 4.78 is 0. The molecular formula is C7H11ClO2. The quantitative estimate of drug-likeness (QED) is 0.593. The van der Waals surface area contributed by atoms with E-state index >= 15 is 0 Å². The van der Waals surface area contributed by atoms with E-state index in [-0.39, 0.29) is 12.2 Å². The topological polar surface area (TPSA) is 34.1 Å². The number of ketones is 1. The molecule has 0 aromatic heterocycles.